The van der Waals surface area contributed by atoms with Crippen molar-refractivity contribution < 1.29 is 0 Å². The molecule has 0 saturated heterocycles. The molecule has 0 N–H and O–H groups in total. The summed E-state index contributed by atoms with van der Waals surface area (Å²) < 4.78 is 0. The van der Waals surface area contributed by atoms with Crippen LogP contribution in [0.2, 0.25) is 0 Å². The maximum atomic E-state index is 4.72. The summed E-state index contributed by atoms with van der Waals surface area (Å²) in [7, 11) is 0. The van der Waals surface area contributed by atoms with E-state index in [2.05, 4.69) is 17.1 Å². The fourth-order valence-corrected chi connectivity index (χ4v) is 3.52. The van der Waals surface area contributed by atoms with Gasteiger partial charge in [0.05, 0.1) is 10.7 Å². The highest BCUT2D eigenvalue weighted by molar-refractivity contribution is 7.78. The molecule has 0 aromatic rings. The van der Waals surface area contributed by atoms with Crippen molar-refractivity contribution in [2.45, 2.75) is 51.0 Å². The Kier molecular flexibility index (Phi) is 2.53. The smallest absolute Gasteiger partial charge is 0.0688 e. The van der Waals surface area contributed by atoms with Gasteiger partial charge in [-0.3, -0.25) is 0 Å². The van der Waals surface area contributed by atoms with Crippen molar-refractivity contribution in [3.05, 3.63) is 0 Å². The first-order chi connectivity index (χ1) is 6.22. The molecule has 2 atom stereocenters. The van der Waals surface area contributed by atoms with Crippen LogP contribution in [-0.4, -0.2) is 10.7 Å². The molecule has 0 amide bonds. The molecule has 0 spiro atoms. The largest absolute Gasteiger partial charge is 0.226 e. The molecule has 0 radical (unpaired) electrons. The Morgan fingerprint density at radius 3 is 2.46 bits per heavy atom. The van der Waals surface area contributed by atoms with Crippen LogP contribution in [-0.2, 0) is 0 Å². The Morgan fingerprint density at radius 1 is 1.31 bits per heavy atom. The zero-order valence-corrected chi connectivity index (χ0v) is 9.07. The second kappa shape index (κ2) is 3.51. The third-order valence-corrected chi connectivity index (χ3v) is 3.76. The number of nitrogens with zero attached hydrogens (tertiary/aromatic N) is 1. The predicted octanol–water partition coefficient (Wildman–Crippen LogP) is 3.45. The Hall–Kier alpha value is -0.200. The molecule has 2 saturated carbocycles. The lowest BCUT2D eigenvalue weighted by Crippen LogP contribution is -2.37. The summed E-state index contributed by atoms with van der Waals surface area (Å²) in [6.07, 6.45) is 8.20. The molecule has 13 heavy (non-hydrogen) atoms. The summed E-state index contributed by atoms with van der Waals surface area (Å²) in [6, 6.07) is 0. The molecule has 0 aromatic heterocycles. The number of fused-ring (bicyclic) bond motifs is 2. The molecule has 2 aliphatic rings. The van der Waals surface area contributed by atoms with Crippen LogP contribution >= 0.6 is 12.2 Å². The van der Waals surface area contributed by atoms with Gasteiger partial charge < -0.3 is 0 Å². The first kappa shape index (κ1) is 9.36. The Labute approximate surface area is 85.6 Å². The van der Waals surface area contributed by atoms with Crippen LogP contribution in [0.5, 0.6) is 0 Å². The Bertz CT molecular complexity index is 230. The molecule has 2 rings (SSSR count). The quantitative estimate of drug-likeness (QED) is 0.461. The van der Waals surface area contributed by atoms with Gasteiger partial charge in [0.15, 0.2) is 0 Å². The molecule has 2 fully saturated rings. The van der Waals surface area contributed by atoms with E-state index >= 15 is 0 Å². The highest BCUT2D eigenvalue weighted by atomic mass is 32.1. The molecule has 2 heteroatoms. The third-order valence-electron chi connectivity index (χ3n) is 3.66. The van der Waals surface area contributed by atoms with E-state index in [1.54, 1.807) is 0 Å². The van der Waals surface area contributed by atoms with Crippen LogP contribution in [0.25, 0.3) is 0 Å². The standard InChI is InChI=1S/C11H17NS/c1-11(12-8-13)6-9-3-2-4-10(5-9)7-11/h9-10H,2-7H2,1H3. The van der Waals surface area contributed by atoms with Gasteiger partial charge in [0.1, 0.15) is 0 Å². The Morgan fingerprint density at radius 2 is 1.92 bits per heavy atom. The summed E-state index contributed by atoms with van der Waals surface area (Å²) in [5.74, 6) is 1.84. The van der Waals surface area contributed by atoms with E-state index in [9.17, 15) is 0 Å². The highest BCUT2D eigenvalue weighted by Crippen LogP contribution is 2.45. The minimum Gasteiger partial charge on any atom is -0.226 e. The number of aliphatic imine (C=N–C) groups is 1. The van der Waals surface area contributed by atoms with Gasteiger partial charge in [-0.2, -0.15) is 0 Å². The van der Waals surface area contributed by atoms with Gasteiger partial charge in [-0.25, -0.2) is 4.99 Å². The average Bonchev–Trinajstić information content (AvgIpc) is 2.02. The fourth-order valence-electron chi connectivity index (χ4n) is 3.30. The lowest BCUT2D eigenvalue weighted by Gasteiger charge is -2.42. The average molecular weight is 195 g/mol. The van der Waals surface area contributed by atoms with Crippen molar-refractivity contribution >= 4 is 17.4 Å². The van der Waals surface area contributed by atoms with Crippen molar-refractivity contribution in [2.75, 3.05) is 0 Å². The first-order valence-corrected chi connectivity index (χ1v) is 5.72. The summed E-state index contributed by atoms with van der Waals surface area (Å²) in [4.78, 5) is 4.36. The van der Waals surface area contributed by atoms with E-state index in [0.717, 1.165) is 11.8 Å². The summed E-state index contributed by atoms with van der Waals surface area (Å²) in [5.41, 5.74) is 0.135. The topological polar surface area (TPSA) is 12.4 Å². The monoisotopic (exact) mass is 195 g/mol. The van der Waals surface area contributed by atoms with E-state index in [4.69, 9.17) is 12.2 Å². The van der Waals surface area contributed by atoms with E-state index in [-0.39, 0.29) is 5.54 Å². The third kappa shape index (κ3) is 2.00. The number of hydrogen-bond donors (Lipinski definition) is 0. The second-order valence-electron chi connectivity index (χ2n) is 5.01. The lowest BCUT2D eigenvalue weighted by atomic mass is 9.65. The van der Waals surface area contributed by atoms with Crippen molar-refractivity contribution in [3.8, 4) is 0 Å². The van der Waals surface area contributed by atoms with Gasteiger partial charge >= 0.3 is 0 Å². The summed E-state index contributed by atoms with van der Waals surface area (Å²) >= 11 is 4.72. The van der Waals surface area contributed by atoms with Crippen LogP contribution in [0, 0.1) is 11.8 Å². The molecule has 1 nitrogen and oxygen atoms in total. The van der Waals surface area contributed by atoms with E-state index in [1.807, 2.05) is 0 Å². The van der Waals surface area contributed by atoms with Gasteiger partial charge in [-0.1, -0.05) is 19.3 Å². The number of isothiocyanates is 1. The van der Waals surface area contributed by atoms with Crippen LogP contribution in [0.3, 0.4) is 0 Å². The van der Waals surface area contributed by atoms with Crippen LogP contribution in [0.4, 0.5) is 0 Å². The SMILES string of the molecule is CC1(N=C=S)CC2CCCC(C2)C1. The molecule has 2 bridgehead atoms. The van der Waals surface area contributed by atoms with Gasteiger partial charge in [0, 0.05) is 0 Å². The van der Waals surface area contributed by atoms with E-state index in [1.165, 1.54) is 38.5 Å². The van der Waals surface area contributed by atoms with Crippen LogP contribution in [0.1, 0.15) is 45.4 Å². The minimum atomic E-state index is 0.135. The molecule has 2 aliphatic carbocycles. The summed E-state index contributed by atoms with van der Waals surface area (Å²) in [5, 5.41) is 2.58. The maximum absolute atomic E-state index is 4.72. The summed E-state index contributed by atoms with van der Waals surface area (Å²) in [6.45, 7) is 2.25. The van der Waals surface area contributed by atoms with E-state index in [0.29, 0.717) is 0 Å². The molecule has 0 heterocycles. The predicted molar refractivity (Wildman–Crippen MR) is 58.1 cm³/mol. The minimum absolute atomic E-state index is 0.135. The van der Waals surface area contributed by atoms with Gasteiger partial charge in [-0.15, -0.1) is 0 Å². The van der Waals surface area contributed by atoms with Gasteiger partial charge in [0.25, 0.3) is 0 Å². The first-order valence-electron chi connectivity index (χ1n) is 5.31. The molecule has 0 aromatic carbocycles. The van der Waals surface area contributed by atoms with Crippen molar-refractivity contribution in [2.24, 2.45) is 16.8 Å². The van der Waals surface area contributed by atoms with Crippen molar-refractivity contribution in [1.29, 1.82) is 0 Å². The van der Waals surface area contributed by atoms with Crippen molar-refractivity contribution in [1.82, 2.24) is 0 Å². The number of hydrogen-bond acceptors (Lipinski definition) is 2. The van der Waals surface area contributed by atoms with Crippen LogP contribution < -0.4 is 0 Å². The zero-order valence-electron chi connectivity index (χ0n) is 8.25. The molecule has 0 aliphatic heterocycles. The fraction of sp³-hybridized carbons (Fsp3) is 0.909. The number of rotatable bonds is 1. The maximum Gasteiger partial charge on any atom is 0.0688 e. The molecule has 2 unspecified atom stereocenters. The molecular formula is C11H17NS. The molecular weight excluding hydrogens is 178 g/mol. The van der Waals surface area contributed by atoms with Gasteiger partial charge in [-0.05, 0) is 50.2 Å². The Balaban J connectivity index is 2.12. The molecule has 72 valence electrons. The second-order valence-corrected chi connectivity index (χ2v) is 5.19. The number of thiocarbonyl (C=S) groups is 1. The van der Waals surface area contributed by atoms with Gasteiger partial charge in [0.2, 0.25) is 0 Å². The lowest BCUT2D eigenvalue weighted by molar-refractivity contribution is 0.126. The van der Waals surface area contributed by atoms with E-state index < -0.39 is 0 Å². The normalized spacial score (nSPS) is 43.8. The van der Waals surface area contributed by atoms with Crippen molar-refractivity contribution in [3.63, 3.8) is 0 Å². The van der Waals surface area contributed by atoms with Crippen LogP contribution in [0.15, 0.2) is 4.99 Å². The highest BCUT2D eigenvalue weighted by Gasteiger charge is 2.38. The zero-order chi connectivity index (χ0) is 9.31.